The molecule has 3 rings (SSSR count). The zero-order valence-corrected chi connectivity index (χ0v) is 13.2. The van der Waals surface area contributed by atoms with Crippen LogP contribution in [0.25, 0.3) is 0 Å². The lowest BCUT2D eigenvalue weighted by molar-refractivity contribution is 0.0415. The summed E-state index contributed by atoms with van der Waals surface area (Å²) in [6, 6.07) is 15.2. The maximum absolute atomic E-state index is 12.0. The largest absolute Gasteiger partial charge is 0.471 e. The molecule has 2 aromatic rings. The molecule has 1 aliphatic rings. The number of aromatic nitrogens is 1. The monoisotopic (exact) mass is 322 g/mol. The molecule has 1 aliphatic heterocycles. The van der Waals surface area contributed by atoms with Crippen molar-refractivity contribution in [2.45, 2.75) is 12.5 Å². The van der Waals surface area contributed by atoms with Gasteiger partial charge in [-0.05, 0) is 18.1 Å². The zero-order chi connectivity index (χ0) is 16.8. The number of rotatable bonds is 5. The first-order valence-corrected chi connectivity index (χ1v) is 7.84. The third-order valence-electron chi connectivity index (χ3n) is 3.82. The lowest BCUT2D eigenvalue weighted by Crippen LogP contribution is -2.59. The highest BCUT2D eigenvalue weighted by Gasteiger charge is 2.32. The Labute approximate surface area is 140 Å². The second-order valence-corrected chi connectivity index (χ2v) is 5.61. The first-order chi connectivity index (χ1) is 11.7. The summed E-state index contributed by atoms with van der Waals surface area (Å²) in [5.74, 6) is 0.420. The number of urea groups is 1. The van der Waals surface area contributed by atoms with Crippen LogP contribution in [0, 0.1) is 11.3 Å². The third kappa shape index (κ3) is 4.02. The van der Waals surface area contributed by atoms with Crippen molar-refractivity contribution in [2.24, 2.45) is 0 Å². The summed E-state index contributed by atoms with van der Waals surface area (Å²) in [4.78, 5) is 17.8. The Morgan fingerprint density at radius 2 is 2.12 bits per heavy atom. The van der Waals surface area contributed by atoms with E-state index in [1.807, 2.05) is 36.4 Å². The average Bonchev–Trinajstić information content (AvgIpc) is 2.58. The van der Waals surface area contributed by atoms with Crippen molar-refractivity contribution >= 4 is 6.03 Å². The lowest BCUT2D eigenvalue weighted by Gasteiger charge is -2.38. The Balaban J connectivity index is 1.38. The maximum atomic E-state index is 12.0. The minimum Gasteiger partial charge on any atom is -0.471 e. The highest BCUT2D eigenvalue weighted by Crippen LogP contribution is 2.16. The van der Waals surface area contributed by atoms with Crippen LogP contribution in [0.3, 0.4) is 0 Å². The molecule has 2 amide bonds. The molecule has 24 heavy (non-hydrogen) atoms. The number of hydrogen-bond donors (Lipinski definition) is 1. The van der Waals surface area contributed by atoms with E-state index in [9.17, 15) is 4.79 Å². The Morgan fingerprint density at radius 1 is 1.33 bits per heavy atom. The van der Waals surface area contributed by atoms with Gasteiger partial charge in [0, 0.05) is 18.8 Å². The molecule has 0 aliphatic carbocycles. The summed E-state index contributed by atoms with van der Waals surface area (Å²) in [6.45, 7) is 1.65. The number of nitriles is 1. The number of benzene rings is 1. The average molecular weight is 322 g/mol. The van der Waals surface area contributed by atoms with Gasteiger partial charge < -0.3 is 15.0 Å². The molecule has 1 saturated heterocycles. The van der Waals surface area contributed by atoms with Gasteiger partial charge in [0.25, 0.3) is 0 Å². The standard InChI is InChI=1S/C18H18N4O2/c19-11-15-7-8-20-17(10-15)24-16-12-22(13-16)18(23)21-9-6-14-4-2-1-3-5-14/h1-5,7-8,10,16H,6,9,12-13H2,(H,21,23). The van der Waals surface area contributed by atoms with Crippen LogP contribution in [0.1, 0.15) is 11.1 Å². The number of likely N-dealkylation sites (tertiary alicyclic amines) is 1. The predicted molar refractivity (Wildman–Crippen MR) is 88.5 cm³/mol. The first-order valence-electron chi connectivity index (χ1n) is 7.84. The number of nitrogens with one attached hydrogen (secondary N) is 1. The van der Waals surface area contributed by atoms with E-state index in [0.29, 0.717) is 31.1 Å². The molecule has 6 nitrogen and oxygen atoms in total. The molecule has 1 N–H and O–H groups in total. The maximum Gasteiger partial charge on any atom is 0.317 e. The normalized spacial score (nSPS) is 13.7. The van der Waals surface area contributed by atoms with Gasteiger partial charge in [-0.2, -0.15) is 5.26 Å². The highest BCUT2D eigenvalue weighted by molar-refractivity contribution is 5.75. The van der Waals surface area contributed by atoms with Crippen molar-refractivity contribution in [1.29, 1.82) is 5.26 Å². The van der Waals surface area contributed by atoms with Crippen molar-refractivity contribution in [3.63, 3.8) is 0 Å². The fourth-order valence-corrected chi connectivity index (χ4v) is 2.46. The van der Waals surface area contributed by atoms with Crippen LogP contribution in [0.2, 0.25) is 0 Å². The van der Waals surface area contributed by atoms with Gasteiger partial charge >= 0.3 is 6.03 Å². The van der Waals surface area contributed by atoms with Crippen molar-refractivity contribution in [1.82, 2.24) is 15.2 Å². The number of pyridine rings is 1. The summed E-state index contributed by atoms with van der Waals surface area (Å²) >= 11 is 0. The quantitative estimate of drug-likeness (QED) is 0.913. The number of carbonyl (C=O) groups excluding carboxylic acids is 1. The highest BCUT2D eigenvalue weighted by atomic mass is 16.5. The van der Waals surface area contributed by atoms with Crippen LogP contribution in [0.15, 0.2) is 48.7 Å². The van der Waals surface area contributed by atoms with E-state index >= 15 is 0 Å². The fourth-order valence-electron chi connectivity index (χ4n) is 2.46. The molecule has 1 aromatic heterocycles. The molecule has 6 heteroatoms. The Kier molecular flexibility index (Phi) is 4.92. The van der Waals surface area contributed by atoms with Crippen molar-refractivity contribution in [2.75, 3.05) is 19.6 Å². The number of nitrogens with zero attached hydrogens (tertiary/aromatic N) is 3. The second-order valence-electron chi connectivity index (χ2n) is 5.61. The summed E-state index contributed by atoms with van der Waals surface area (Å²) in [7, 11) is 0. The van der Waals surface area contributed by atoms with Crippen LogP contribution in [0.5, 0.6) is 5.88 Å². The van der Waals surface area contributed by atoms with Crippen molar-refractivity contribution in [3.8, 4) is 11.9 Å². The fraction of sp³-hybridized carbons (Fsp3) is 0.278. The molecular formula is C18H18N4O2. The van der Waals surface area contributed by atoms with Gasteiger partial charge in [0.05, 0.1) is 24.7 Å². The smallest absolute Gasteiger partial charge is 0.317 e. The zero-order valence-electron chi connectivity index (χ0n) is 13.2. The van der Waals surface area contributed by atoms with Crippen molar-refractivity contribution < 1.29 is 9.53 Å². The molecule has 0 unspecified atom stereocenters. The summed E-state index contributed by atoms with van der Waals surface area (Å²) < 4.78 is 5.66. The molecule has 1 fully saturated rings. The van der Waals surface area contributed by atoms with E-state index < -0.39 is 0 Å². The molecule has 0 atom stereocenters. The van der Waals surface area contributed by atoms with Crippen molar-refractivity contribution in [3.05, 3.63) is 59.8 Å². The SMILES string of the molecule is N#Cc1ccnc(OC2CN(C(=O)NCCc3ccccc3)C2)c1. The Hall–Kier alpha value is -3.07. The topological polar surface area (TPSA) is 78.2 Å². The van der Waals surface area contributed by atoms with Gasteiger partial charge in [-0.25, -0.2) is 9.78 Å². The van der Waals surface area contributed by atoms with Gasteiger partial charge in [-0.15, -0.1) is 0 Å². The molecule has 0 spiro atoms. The molecule has 0 saturated carbocycles. The van der Waals surface area contributed by atoms with Gasteiger partial charge in [0.15, 0.2) is 0 Å². The molecule has 0 radical (unpaired) electrons. The van der Waals surface area contributed by atoms with E-state index in [1.165, 1.54) is 5.56 Å². The van der Waals surface area contributed by atoms with E-state index in [1.54, 1.807) is 23.2 Å². The number of ether oxygens (including phenoxy) is 1. The Morgan fingerprint density at radius 3 is 2.88 bits per heavy atom. The van der Waals surface area contributed by atoms with Gasteiger partial charge in [0.1, 0.15) is 6.10 Å². The summed E-state index contributed by atoms with van der Waals surface area (Å²) in [5.41, 5.74) is 1.71. The summed E-state index contributed by atoms with van der Waals surface area (Å²) in [5, 5.41) is 11.8. The molecule has 1 aromatic carbocycles. The number of hydrogen-bond acceptors (Lipinski definition) is 4. The van der Waals surface area contributed by atoms with Gasteiger partial charge in [0.2, 0.25) is 5.88 Å². The minimum absolute atomic E-state index is 0.0775. The van der Waals surface area contributed by atoms with E-state index in [-0.39, 0.29) is 12.1 Å². The minimum atomic E-state index is -0.0792. The van der Waals surface area contributed by atoms with E-state index in [2.05, 4.69) is 10.3 Å². The van der Waals surface area contributed by atoms with Gasteiger partial charge in [-0.1, -0.05) is 30.3 Å². The molecule has 2 heterocycles. The molecular weight excluding hydrogens is 304 g/mol. The van der Waals surface area contributed by atoms with E-state index in [4.69, 9.17) is 10.00 Å². The predicted octanol–water partition coefficient (Wildman–Crippen LogP) is 1.97. The lowest BCUT2D eigenvalue weighted by atomic mass is 10.1. The van der Waals surface area contributed by atoms with Crippen LogP contribution < -0.4 is 10.1 Å². The molecule has 0 bridgehead atoms. The van der Waals surface area contributed by atoms with E-state index in [0.717, 1.165) is 6.42 Å². The van der Waals surface area contributed by atoms with Gasteiger partial charge in [-0.3, -0.25) is 0 Å². The Bertz CT molecular complexity index is 736. The van der Waals surface area contributed by atoms with Crippen LogP contribution in [-0.2, 0) is 6.42 Å². The molecule has 122 valence electrons. The van der Waals surface area contributed by atoms with Crippen LogP contribution in [-0.4, -0.2) is 41.7 Å². The van der Waals surface area contributed by atoms with Crippen LogP contribution >= 0.6 is 0 Å². The third-order valence-corrected chi connectivity index (χ3v) is 3.82. The number of carbonyl (C=O) groups is 1. The second kappa shape index (κ2) is 7.47. The first kappa shape index (κ1) is 15.8. The summed E-state index contributed by atoms with van der Waals surface area (Å²) in [6.07, 6.45) is 2.28. The number of amides is 2. The van der Waals surface area contributed by atoms with Crippen LogP contribution in [0.4, 0.5) is 4.79 Å².